The fraction of sp³-hybridized carbons (Fsp3) is 0.192. The first-order valence-electron chi connectivity index (χ1n) is 10.8. The Labute approximate surface area is 186 Å². The van der Waals surface area contributed by atoms with Crippen LogP contribution in [0.1, 0.15) is 23.1 Å². The highest BCUT2D eigenvalue weighted by Gasteiger charge is 2.21. The predicted molar refractivity (Wildman–Crippen MR) is 124 cm³/mol. The second-order valence-electron chi connectivity index (χ2n) is 7.78. The summed E-state index contributed by atoms with van der Waals surface area (Å²) in [6.45, 7) is 0.972. The molecule has 32 heavy (non-hydrogen) atoms. The van der Waals surface area contributed by atoms with E-state index in [4.69, 9.17) is 9.94 Å². The van der Waals surface area contributed by atoms with Gasteiger partial charge in [0.05, 0.1) is 18.9 Å². The zero-order chi connectivity index (χ0) is 21.8. The first kappa shape index (κ1) is 20.2. The number of nitrogens with zero attached hydrogens (tertiary/aromatic N) is 4. The first-order chi connectivity index (χ1) is 15.8. The molecule has 4 aromatic rings. The highest BCUT2D eigenvalue weighted by atomic mass is 16.6. The van der Waals surface area contributed by atoms with Crippen molar-refractivity contribution in [1.29, 1.82) is 0 Å². The van der Waals surface area contributed by atoms with Crippen molar-refractivity contribution >= 4 is 5.71 Å². The van der Waals surface area contributed by atoms with Crippen molar-refractivity contribution in [3.63, 3.8) is 0 Å². The standard InChI is InChI=1S/C26H24N4O2/c31-15-14-30-17-24(26(28-30)20-10-12-27-13-11-20)22-6-8-23-21(16-22)7-9-25(23)29-32-18-19-4-2-1-3-5-19/h1-6,8,10-13,16-17,31H,7,9,14-15,18H2/b29-25-. The van der Waals surface area contributed by atoms with E-state index in [2.05, 4.69) is 28.3 Å². The summed E-state index contributed by atoms with van der Waals surface area (Å²) in [5.74, 6) is 0. The lowest BCUT2D eigenvalue weighted by atomic mass is 9.98. The van der Waals surface area contributed by atoms with Crippen LogP contribution < -0.4 is 0 Å². The number of oxime groups is 1. The summed E-state index contributed by atoms with van der Waals surface area (Å²) >= 11 is 0. The van der Waals surface area contributed by atoms with Crippen LogP contribution in [0.5, 0.6) is 0 Å². The molecule has 6 nitrogen and oxygen atoms in total. The number of aliphatic hydroxyl groups excluding tert-OH is 1. The summed E-state index contributed by atoms with van der Waals surface area (Å²) in [5, 5.41) is 18.5. The zero-order valence-corrected chi connectivity index (χ0v) is 17.7. The number of fused-ring (bicyclic) bond motifs is 1. The molecular weight excluding hydrogens is 400 g/mol. The summed E-state index contributed by atoms with van der Waals surface area (Å²) in [6.07, 6.45) is 7.34. The molecule has 0 amide bonds. The van der Waals surface area contributed by atoms with E-state index >= 15 is 0 Å². The van der Waals surface area contributed by atoms with Crippen molar-refractivity contribution in [3.8, 4) is 22.4 Å². The molecule has 2 heterocycles. The molecule has 0 saturated carbocycles. The Bertz CT molecular complexity index is 1230. The van der Waals surface area contributed by atoms with Crippen molar-refractivity contribution in [3.05, 3.63) is 95.9 Å². The number of aliphatic hydroxyl groups is 1. The minimum atomic E-state index is 0.0455. The van der Waals surface area contributed by atoms with E-state index in [1.807, 2.05) is 48.7 Å². The molecule has 5 rings (SSSR count). The van der Waals surface area contributed by atoms with Gasteiger partial charge in [-0.1, -0.05) is 53.7 Å². The van der Waals surface area contributed by atoms with Crippen molar-refractivity contribution in [2.24, 2.45) is 5.16 Å². The average Bonchev–Trinajstić information content (AvgIpc) is 3.45. The van der Waals surface area contributed by atoms with Gasteiger partial charge >= 0.3 is 0 Å². The van der Waals surface area contributed by atoms with Gasteiger partial charge in [-0.2, -0.15) is 5.10 Å². The van der Waals surface area contributed by atoms with Crippen LogP contribution in [0, 0.1) is 0 Å². The van der Waals surface area contributed by atoms with Gasteiger partial charge in [0.15, 0.2) is 0 Å². The van der Waals surface area contributed by atoms with Gasteiger partial charge < -0.3 is 9.94 Å². The van der Waals surface area contributed by atoms with E-state index < -0.39 is 0 Å². The molecule has 2 aromatic heterocycles. The Morgan fingerprint density at radius 3 is 2.59 bits per heavy atom. The molecular formula is C26H24N4O2. The van der Waals surface area contributed by atoms with Crippen LogP contribution in [0.4, 0.5) is 0 Å². The highest BCUT2D eigenvalue weighted by molar-refractivity contribution is 6.04. The number of pyridine rings is 1. The molecule has 0 fully saturated rings. The van der Waals surface area contributed by atoms with E-state index in [1.54, 1.807) is 17.1 Å². The van der Waals surface area contributed by atoms with Crippen LogP contribution in [-0.4, -0.2) is 32.2 Å². The maximum Gasteiger partial charge on any atom is 0.142 e. The Hall–Kier alpha value is -3.77. The molecule has 1 aliphatic rings. The van der Waals surface area contributed by atoms with Crippen LogP contribution in [0.15, 0.2) is 84.4 Å². The normalized spacial score (nSPS) is 14.0. The SMILES string of the molecule is OCCn1cc(-c2ccc3c(c2)CC/C3=N/OCc2ccccc2)c(-c2ccncc2)n1. The lowest BCUT2D eigenvalue weighted by Crippen LogP contribution is -2.02. The number of rotatable bonds is 7. The maximum atomic E-state index is 9.36. The molecule has 160 valence electrons. The minimum absolute atomic E-state index is 0.0455. The van der Waals surface area contributed by atoms with Crippen LogP contribution in [0.25, 0.3) is 22.4 Å². The second-order valence-corrected chi connectivity index (χ2v) is 7.78. The van der Waals surface area contributed by atoms with Crippen LogP contribution >= 0.6 is 0 Å². The van der Waals surface area contributed by atoms with E-state index in [0.29, 0.717) is 13.2 Å². The fourth-order valence-corrected chi connectivity index (χ4v) is 4.06. The maximum absolute atomic E-state index is 9.36. The first-order valence-corrected chi connectivity index (χ1v) is 10.8. The number of hydrogen-bond acceptors (Lipinski definition) is 5. The monoisotopic (exact) mass is 424 g/mol. The molecule has 0 aliphatic heterocycles. The smallest absolute Gasteiger partial charge is 0.142 e. The lowest BCUT2D eigenvalue weighted by molar-refractivity contribution is 0.130. The summed E-state index contributed by atoms with van der Waals surface area (Å²) in [5.41, 5.74) is 8.55. The largest absolute Gasteiger partial charge is 0.394 e. The Balaban J connectivity index is 1.42. The van der Waals surface area contributed by atoms with Gasteiger partial charge in [0.1, 0.15) is 12.3 Å². The molecule has 1 aliphatic carbocycles. The van der Waals surface area contributed by atoms with E-state index in [9.17, 15) is 5.11 Å². The van der Waals surface area contributed by atoms with Crippen LogP contribution in [-0.2, 0) is 24.4 Å². The van der Waals surface area contributed by atoms with Gasteiger partial charge in [-0.25, -0.2) is 0 Å². The fourth-order valence-electron chi connectivity index (χ4n) is 4.06. The van der Waals surface area contributed by atoms with Gasteiger partial charge in [-0.05, 0) is 41.7 Å². The topological polar surface area (TPSA) is 72.5 Å². The molecule has 0 spiro atoms. The number of hydrogen-bond donors (Lipinski definition) is 1. The molecule has 0 saturated heterocycles. The molecule has 0 atom stereocenters. The number of aromatic nitrogens is 3. The number of aryl methyl sites for hydroxylation is 1. The average molecular weight is 425 g/mol. The third kappa shape index (κ3) is 4.18. The van der Waals surface area contributed by atoms with Crippen molar-refractivity contribution < 1.29 is 9.94 Å². The van der Waals surface area contributed by atoms with Gasteiger partial charge in [0.2, 0.25) is 0 Å². The summed E-state index contributed by atoms with van der Waals surface area (Å²) in [6, 6.07) is 20.4. The highest BCUT2D eigenvalue weighted by Crippen LogP contribution is 2.34. The summed E-state index contributed by atoms with van der Waals surface area (Å²) in [4.78, 5) is 9.74. The summed E-state index contributed by atoms with van der Waals surface area (Å²) in [7, 11) is 0. The van der Waals surface area contributed by atoms with Crippen molar-refractivity contribution in [1.82, 2.24) is 14.8 Å². The molecule has 6 heteroatoms. The molecule has 0 bridgehead atoms. The Morgan fingerprint density at radius 1 is 0.938 bits per heavy atom. The molecule has 2 aromatic carbocycles. The molecule has 0 unspecified atom stereocenters. The van der Waals surface area contributed by atoms with Crippen LogP contribution in [0.2, 0.25) is 0 Å². The third-order valence-corrected chi connectivity index (χ3v) is 5.65. The van der Waals surface area contributed by atoms with Gasteiger partial charge in [0, 0.05) is 35.3 Å². The second kappa shape index (κ2) is 9.16. The minimum Gasteiger partial charge on any atom is -0.394 e. The Morgan fingerprint density at radius 2 is 1.78 bits per heavy atom. The zero-order valence-electron chi connectivity index (χ0n) is 17.7. The molecule has 0 radical (unpaired) electrons. The van der Waals surface area contributed by atoms with Crippen LogP contribution in [0.3, 0.4) is 0 Å². The lowest BCUT2D eigenvalue weighted by Gasteiger charge is -2.06. The predicted octanol–water partition coefficient (Wildman–Crippen LogP) is 4.47. The van der Waals surface area contributed by atoms with Gasteiger partial charge in [-0.15, -0.1) is 0 Å². The Kier molecular flexibility index (Phi) is 5.77. The van der Waals surface area contributed by atoms with E-state index in [1.165, 1.54) is 5.56 Å². The molecule has 1 N–H and O–H groups in total. The summed E-state index contributed by atoms with van der Waals surface area (Å²) < 4.78 is 1.79. The number of benzene rings is 2. The third-order valence-electron chi connectivity index (χ3n) is 5.65. The van der Waals surface area contributed by atoms with Crippen molar-refractivity contribution in [2.45, 2.75) is 26.0 Å². The quantitative estimate of drug-likeness (QED) is 0.444. The van der Waals surface area contributed by atoms with Gasteiger partial charge in [-0.3, -0.25) is 9.67 Å². The van der Waals surface area contributed by atoms with E-state index in [-0.39, 0.29) is 6.61 Å². The van der Waals surface area contributed by atoms with E-state index in [0.717, 1.165) is 52.1 Å². The van der Waals surface area contributed by atoms with Gasteiger partial charge in [0.25, 0.3) is 0 Å². The van der Waals surface area contributed by atoms with Crippen molar-refractivity contribution in [2.75, 3.05) is 6.61 Å².